The molecule has 1 aromatic heterocycles. The molecule has 0 unspecified atom stereocenters. The van der Waals surface area contributed by atoms with Crippen LogP contribution in [0.15, 0.2) is 24.5 Å². The highest BCUT2D eigenvalue weighted by atomic mass is 19.4. The summed E-state index contributed by atoms with van der Waals surface area (Å²) in [5.41, 5.74) is 1.35. The van der Waals surface area contributed by atoms with Gasteiger partial charge in [0.1, 0.15) is 6.54 Å². The van der Waals surface area contributed by atoms with Crippen LogP contribution in [0.2, 0.25) is 0 Å². The predicted octanol–water partition coefficient (Wildman–Crippen LogP) is 5.82. The Kier molecular flexibility index (Phi) is 9.43. The van der Waals surface area contributed by atoms with Crippen LogP contribution in [-0.2, 0) is 6.54 Å². The number of pyridine rings is 1. The van der Waals surface area contributed by atoms with Crippen molar-refractivity contribution in [3.05, 3.63) is 30.1 Å². The molecule has 1 heterocycles. The molecule has 1 rings (SSSR count). The van der Waals surface area contributed by atoms with E-state index in [-0.39, 0.29) is 0 Å². The van der Waals surface area contributed by atoms with Crippen molar-refractivity contribution in [3.63, 3.8) is 0 Å². The van der Waals surface area contributed by atoms with Gasteiger partial charge in [-0.2, -0.15) is 13.2 Å². The molecule has 0 aliphatic rings. The number of unbranched alkanes of at least 4 members (excludes halogenated alkanes) is 4. The normalized spacial score (nSPS) is 12.6. The van der Waals surface area contributed by atoms with Crippen LogP contribution in [0.25, 0.3) is 0 Å². The maximum absolute atomic E-state index is 11.2. The van der Waals surface area contributed by atoms with E-state index >= 15 is 0 Å². The van der Waals surface area contributed by atoms with Crippen LogP contribution in [0.4, 0.5) is 34.9 Å². The second kappa shape index (κ2) is 9.96. The number of hydrogen-bond donors (Lipinski definition) is 0. The lowest BCUT2D eigenvalue weighted by molar-refractivity contribution is -0.697. The third-order valence-corrected chi connectivity index (χ3v) is 3.32. The maximum Gasteiger partial charge on any atom is 0.558 e. The first kappa shape index (κ1) is 23.7. The molecule has 0 atom stereocenters. The second-order valence-corrected chi connectivity index (χ2v) is 5.73. The Morgan fingerprint density at radius 2 is 1.52 bits per heavy atom. The lowest BCUT2D eigenvalue weighted by atomic mass is 9.80. The number of aryl methyl sites for hydroxylation is 2. The number of aromatic nitrogens is 1. The van der Waals surface area contributed by atoms with E-state index in [4.69, 9.17) is 0 Å². The number of alkyl halides is 5. The Morgan fingerprint density at radius 1 is 0.960 bits per heavy atom. The summed E-state index contributed by atoms with van der Waals surface area (Å²) in [6.45, 7) is -1.63. The van der Waals surface area contributed by atoms with Crippen LogP contribution < -0.4 is 4.57 Å². The van der Waals surface area contributed by atoms with Gasteiger partial charge in [0.25, 0.3) is 0 Å². The lowest BCUT2D eigenvalue weighted by Gasteiger charge is -2.28. The molecule has 0 saturated carbocycles. The first-order valence-electron chi connectivity index (χ1n) is 7.92. The molecule has 1 aromatic rings. The third kappa shape index (κ3) is 8.53. The van der Waals surface area contributed by atoms with Crippen molar-refractivity contribution in [2.45, 2.75) is 64.5 Å². The van der Waals surface area contributed by atoms with Crippen molar-refractivity contribution in [2.24, 2.45) is 0 Å². The van der Waals surface area contributed by atoms with Gasteiger partial charge in [0.15, 0.2) is 12.4 Å². The molecule has 0 saturated heterocycles. The van der Waals surface area contributed by atoms with Gasteiger partial charge in [-0.05, 0) is 19.4 Å². The number of hydrogen-bond acceptors (Lipinski definition) is 0. The molecule has 0 N–H and O–H groups in total. The molecule has 0 aliphatic carbocycles. The fraction of sp³-hybridized carbons (Fsp3) is 0.667. The van der Waals surface area contributed by atoms with Crippen molar-refractivity contribution in [1.82, 2.24) is 0 Å². The van der Waals surface area contributed by atoms with Crippen LogP contribution in [0.5, 0.6) is 0 Å². The minimum absolute atomic E-state index is 1.17. The van der Waals surface area contributed by atoms with E-state index in [2.05, 4.69) is 42.9 Å². The summed E-state index contributed by atoms with van der Waals surface area (Å²) in [5, 5.41) is 0. The van der Waals surface area contributed by atoms with E-state index in [0.29, 0.717) is 0 Å². The second-order valence-electron chi connectivity index (χ2n) is 5.73. The van der Waals surface area contributed by atoms with Gasteiger partial charge in [0.05, 0.1) is 0 Å². The number of nitrogens with zero attached hydrogens (tertiary/aromatic N) is 1. The molecule has 146 valence electrons. The zero-order chi connectivity index (χ0) is 19.7. The monoisotopic (exact) mass is 379 g/mol. The lowest BCUT2D eigenvalue weighted by Crippen LogP contribution is -2.53. The smallest absolute Gasteiger partial charge is 0.445 e. The summed E-state index contributed by atoms with van der Waals surface area (Å²) in [4.78, 5) is 0. The minimum Gasteiger partial charge on any atom is -0.445 e. The van der Waals surface area contributed by atoms with E-state index in [0.717, 1.165) is 0 Å². The third-order valence-electron chi connectivity index (χ3n) is 3.32. The van der Waals surface area contributed by atoms with Gasteiger partial charge in [-0.15, -0.1) is 0 Å². The maximum atomic E-state index is 11.2. The van der Waals surface area contributed by atoms with Gasteiger partial charge >= 0.3 is 19.0 Å². The van der Waals surface area contributed by atoms with E-state index in [1.807, 2.05) is 0 Å². The highest BCUT2D eigenvalue weighted by Crippen LogP contribution is 2.43. The zero-order valence-corrected chi connectivity index (χ0v) is 14.1. The van der Waals surface area contributed by atoms with Crippen molar-refractivity contribution >= 4 is 6.98 Å². The summed E-state index contributed by atoms with van der Waals surface area (Å²) in [6, 6.07) is 4.27. The quantitative estimate of drug-likeness (QED) is 0.243. The zero-order valence-electron chi connectivity index (χ0n) is 14.1. The van der Waals surface area contributed by atoms with Crippen LogP contribution in [0, 0.1) is 6.92 Å². The van der Waals surface area contributed by atoms with Gasteiger partial charge in [-0.3, -0.25) is 0 Å². The van der Waals surface area contributed by atoms with Gasteiger partial charge in [0.2, 0.25) is 0 Å². The molecule has 25 heavy (non-hydrogen) atoms. The summed E-state index contributed by atoms with van der Waals surface area (Å²) in [6.07, 6.45) is 4.62. The average molecular weight is 379 g/mol. The van der Waals surface area contributed by atoms with Crippen LogP contribution >= 0.6 is 0 Å². The summed E-state index contributed by atoms with van der Waals surface area (Å²) < 4.78 is 90.1. The molecule has 0 fully saturated rings. The largest absolute Gasteiger partial charge is 0.558 e. The average Bonchev–Trinajstić information content (AvgIpc) is 2.45. The van der Waals surface area contributed by atoms with Crippen molar-refractivity contribution < 1.29 is 39.5 Å². The fourth-order valence-electron chi connectivity index (χ4n) is 1.88. The summed E-state index contributed by atoms with van der Waals surface area (Å²) in [5.74, 6) is -6.56. The Balaban J connectivity index is 0.000000477. The first-order chi connectivity index (χ1) is 11.3. The van der Waals surface area contributed by atoms with Gasteiger partial charge in [-0.1, -0.05) is 26.2 Å². The predicted molar refractivity (Wildman–Crippen MR) is 80.2 cm³/mol. The first-order valence-corrected chi connectivity index (χ1v) is 7.92. The SMILES string of the molecule is CCCCCCC[n+]1cccc(C)c1.F[B-](F)(F)C(F)(F)C(F)(F)F. The van der Waals surface area contributed by atoms with E-state index < -0.39 is 19.0 Å². The van der Waals surface area contributed by atoms with E-state index in [9.17, 15) is 34.9 Å². The summed E-state index contributed by atoms with van der Waals surface area (Å²) in [7, 11) is 0. The minimum atomic E-state index is -7.21. The van der Waals surface area contributed by atoms with E-state index in [1.54, 1.807) is 0 Å². The van der Waals surface area contributed by atoms with Crippen molar-refractivity contribution in [1.29, 1.82) is 0 Å². The standard InChI is InChI=1S/C13H22N.C2BF8/c1-3-4-5-6-7-10-14-11-8-9-13(2)12-14;4-1(5,2(6,7)8)3(9,10)11/h8-9,11-12H,3-7,10H2,1-2H3;/q+1;-1. The molecule has 10 heteroatoms. The topological polar surface area (TPSA) is 3.88 Å². The van der Waals surface area contributed by atoms with Crippen LogP contribution in [0.3, 0.4) is 0 Å². The van der Waals surface area contributed by atoms with Gasteiger partial charge in [0, 0.05) is 18.1 Å². The Hall–Kier alpha value is -1.35. The van der Waals surface area contributed by atoms with Gasteiger partial charge < -0.3 is 12.9 Å². The molecular weight excluding hydrogens is 357 g/mol. The molecular formula is C15H22BF8N. The summed E-state index contributed by atoms with van der Waals surface area (Å²) >= 11 is 0. The number of rotatable bonds is 7. The molecule has 0 aromatic carbocycles. The molecule has 0 spiro atoms. The molecule has 0 bridgehead atoms. The van der Waals surface area contributed by atoms with Gasteiger partial charge in [-0.25, -0.2) is 13.3 Å². The fourth-order valence-corrected chi connectivity index (χ4v) is 1.88. The number of halogens is 8. The Labute approximate surface area is 142 Å². The highest BCUT2D eigenvalue weighted by Gasteiger charge is 2.69. The van der Waals surface area contributed by atoms with Crippen molar-refractivity contribution in [3.8, 4) is 0 Å². The Morgan fingerprint density at radius 3 is 1.92 bits per heavy atom. The molecule has 0 radical (unpaired) electrons. The van der Waals surface area contributed by atoms with Crippen molar-refractivity contribution in [2.75, 3.05) is 0 Å². The Bertz CT molecular complexity index is 483. The van der Waals surface area contributed by atoms with Crippen LogP contribution in [-0.4, -0.2) is 19.0 Å². The molecule has 1 nitrogen and oxygen atoms in total. The van der Waals surface area contributed by atoms with Crippen LogP contribution in [0.1, 0.15) is 44.6 Å². The molecule has 0 aliphatic heterocycles. The van der Waals surface area contributed by atoms with E-state index in [1.165, 1.54) is 44.2 Å². The highest BCUT2D eigenvalue weighted by molar-refractivity contribution is 6.61. The molecule has 0 amide bonds.